The third kappa shape index (κ3) is 9.79. The molecular weight excluding hydrogens is 612 g/mol. The van der Waals surface area contributed by atoms with Crippen molar-refractivity contribution in [3.05, 3.63) is 40.8 Å². The van der Waals surface area contributed by atoms with Crippen molar-refractivity contribution in [1.82, 2.24) is 0 Å². The van der Waals surface area contributed by atoms with E-state index in [4.69, 9.17) is 42.3 Å². The Morgan fingerprint density at radius 1 is 0.804 bits per heavy atom. The molecule has 1 aliphatic rings. The van der Waals surface area contributed by atoms with E-state index < -0.39 is 78.5 Å². The first-order chi connectivity index (χ1) is 21.8. The topological polar surface area (TPSA) is 189 Å². The van der Waals surface area contributed by atoms with Gasteiger partial charge in [0.05, 0.1) is 12.0 Å². The summed E-state index contributed by atoms with van der Waals surface area (Å²) in [6, 6.07) is 4.46. The van der Waals surface area contributed by atoms with Gasteiger partial charge in [0, 0.05) is 40.7 Å². The fourth-order valence-electron chi connectivity index (χ4n) is 4.50. The minimum absolute atomic E-state index is 0.0249. The number of benzene rings is 1. The third-order valence-corrected chi connectivity index (χ3v) is 6.18. The summed E-state index contributed by atoms with van der Waals surface area (Å²) in [5, 5.41) is 0.113. The van der Waals surface area contributed by atoms with Crippen molar-refractivity contribution < 1.29 is 66.3 Å². The van der Waals surface area contributed by atoms with Crippen LogP contribution in [0.5, 0.6) is 17.2 Å². The molecule has 0 N–H and O–H groups in total. The Kier molecular flexibility index (Phi) is 12.7. The van der Waals surface area contributed by atoms with Gasteiger partial charge in [-0.2, -0.15) is 0 Å². The number of hydrogen-bond donors (Lipinski definition) is 0. The average molecular weight is 649 g/mol. The number of carbonyl (C=O) groups excluding carboxylic acids is 5. The van der Waals surface area contributed by atoms with Crippen molar-refractivity contribution in [2.24, 2.45) is 0 Å². The van der Waals surface area contributed by atoms with E-state index in [0.29, 0.717) is 18.8 Å². The molecule has 15 nitrogen and oxygen atoms in total. The van der Waals surface area contributed by atoms with E-state index >= 15 is 0 Å². The number of carbonyl (C=O) groups is 5. The standard InChI is InChI=1S/C31H36O15/c1-7-8-9-10-13-38-21-11-12-22-23(14-21)44-30(37)28(42-19(5)35)25(22)46-31-29(43-20(6)36)27(41-18(4)34)26(40-17(3)33)24(45-31)15-39-16(2)32/h8-9,11-12,14,24,26-27,29,31H,7,10,13,15H2,1-6H3/b9-8+/t24-,26-,27+,29-,31+/m1/s1. The minimum atomic E-state index is -1.72. The zero-order valence-corrected chi connectivity index (χ0v) is 26.2. The summed E-state index contributed by atoms with van der Waals surface area (Å²) in [5.41, 5.74) is -1.13. The molecule has 0 unspecified atom stereocenters. The second-order valence-electron chi connectivity index (χ2n) is 10.0. The lowest BCUT2D eigenvalue weighted by Gasteiger charge is -2.44. The quantitative estimate of drug-likeness (QED) is 0.101. The number of esters is 5. The van der Waals surface area contributed by atoms with Crippen LogP contribution in [0.4, 0.5) is 0 Å². The zero-order chi connectivity index (χ0) is 34.0. The van der Waals surface area contributed by atoms with Crippen molar-refractivity contribution in [2.45, 2.75) is 85.1 Å². The summed E-state index contributed by atoms with van der Waals surface area (Å²) in [7, 11) is 0. The van der Waals surface area contributed by atoms with Gasteiger partial charge < -0.3 is 42.3 Å². The number of fused-ring (bicyclic) bond motifs is 1. The first kappa shape index (κ1) is 35.6. The molecule has 0 bridgehead atoms. The average Bonchev–Trinajstić information content (AvgIpc) is 2.95. The summed E-state index contributed by atoms with van der Waals surface area (Å²) in [5.74, 6) is -4.80. The van der Waals surface area contributed by atoms with Crippen molar-refractivity contribution in [3.8, 4) is 17.2 Å². The Morgan fingerprint density at radius 3 is 2.07 bits per heavy atom. The maximum atomic E-state index is 13.1. The Bertz CT molecular complexity index is 1520. The maximum Gasteiger partial charge on any atom is 0.383 e. The minimum Gasteiger partial charge on any atom is -0.493 e. The summed E-state index contributed by atoms with van der Waals surface area (Å²) in [6.45, 7) is 7.22. The molecule has 0 saturated carbocycles. The van der Waals surface area contributed by atoms with Crippen LogP contribution in [-0.2, 0) is 47.7 Å². The van der Waals surface area contributed by atoms with Crippen molar-refractivity contribution >= 4 is 40.8 Å². The highest BCUT2D eigenvalue weighted by molar-refractivity contribution is 5.87. The van der Waals surface area contributed by atoms with E-state index in [0.717, 1.165) is 41.0 Å². The van der Waals surface area contributed by atoms with Crippen LogP contribution in [-0.4, -0.2) is 73.8 Å². The largest absolute Gasteiger partial charge is 0.493 e. The summed E-state index contributed by atoms with van der Waals surface area (Å²) >= 11 is 0. The lowest BCUT2D eigenvalue weighted by Crippen LogP contribution is -2.63. The monoisotopic (exact) mass is 648 g/mol. The normalized spacial score (nSPS) is 20.9. The molecule has 5 atom stereocenters. The van der Waals surface area contributed by atoms with Crippen LogP contribution < -0.4 is 19.8 Å². The van der Waals surface area contributed by atoms with Crippen LogP contribution in [0.15, 0.2) is 39.6 Å². The Labute approximate surface area is 263 Å². The fourth-order valence-corrected chi connectivity index (χ4v) is 4.50. The molecule has 15 heteroatoms. The van der Waals surface area contributed by atoms with Gasteiger partial charge in [-0.3, -0.25) is 24.0 Å². The van der Waals surface area contributed by atoms with Crippen LogP contribution in [0, 0.1) is 0 Å². The number of hydrogen-bond acceptors (Lipinski definition) is 15. The van der Waals surface area contributed by atoms with E-state index in [1.54, 1.807) is 6.07 Å². The SMILES string of the molecule is CC/C=C/CCOc1ccc2c(O[C@@H]3O[C@H](COC(C)=O)[C@@H](OC(C)=O)[C@H](OC(C)=O)[C@H]3OC(C)=O)c(OC(C)=O)c(=O)oc2c1. The molecule has 1 aliphatic heterocycles. The van der Waals surface area contributed by atoms with Crippen molar-refractivity contribution in [2.75, 3.05) is 13.2 Å². The zero-order valence-electron chi connectivity index (χ0n) is 26.2. The van der Waals surface area contributed by atoms with Gasteiger partial charge in [-0.15, -0.1) is 0 Å². The highest BCUT2D eigenvalue weighted by atomic mass is 16.7. The molecule has 1 saturated heterocycles. The molecule has 0 aliphatic carbocycles. The van der Waals surface area contributed by atoms with Gasteiger partial charge in [0.1, 0.15) is 24.0 Å². The van der Waals surface area contributed by atoms with Crippen LogP contribution in [0.25, 0.3) is 11.0 Å². The summed E-state index contributed by atoms with van der Waals surface area (Å²) < 4.78 is 49.7. The molecule has 1 fully saturated rings. The first-order valence-electron chi connectivity index (χ1n) is 14.3. The number of ether oxygens (including phenoxy) is 8. The smallest absolute Gasteiger partial charge is 0.383 e. The first-order valence-corrected chi connectivity index (χ1v) is 14.3. The van der Waals surface area contributed by atoms with Gasteiger partial charge in [-0.25, -0.2) is 4.79 Å². The van der Waals surface area contributed by atoms with E-state index in [1.807, 2.05) is 19.1 Å². The molecule has 46 heavy (non-hydrogen) atoms. The highest BCUT2D eigenvalue weighted by Gasteiger charge is 2.53. The number of rotatable bonds is 13. The molecule has 1 aromatic heterocycles. The van der Waals surface area contributed by atoms with E-state index in [1.165, 1.54) is 12.1 Å². The molecular formula is C31H36O15. The van der Waals surface area contributed by atoms with Crippen LogP contribution in [0.1, 0.15) is 54.4 Å². The Balaban J connectivity index is 2.14. The molecule has 0 radical (unpaired) electrons. The maximum absolute atomic E-state index is 13.1. The van der Waals surface area contributed by atoms with Crippen LogP contribution >= 0.6 is 0 Å². The van der Waals surface area contributed by atoms with E-state index in [2.05, 4.69) is 0 Å². The lowest BCUT2D eigenvalue weighted by molar-refractivity contribution is -0.288. The molecule has 1 aromatic carbocycles. The third-order valence-electron chi connectivity index (χ3n) is 6.18. The van der Waals surface area contributed by atoms with Crippen molar-refractivity contribution in [1.29, 1.82) is 0 Å². The van der Waals surface area contributed by atoms with Gasteiger partial charge in [-0.1, -0.05) is 19.1 Å². The van der Waals surface area contributed by atoms with Crippen LogP contribution in [0.2, 0.25) is 0 Å². The van der Waals surface area contributed by atoms with Gasteiger partial charge >= 0.3 is 35.5 Å². The summed E-state index contributed by atoms with van der Waals surface area (Å²) in [6.07, 6.45) is -2.18. The van der Waals surface area contributed by atoms with Gasteiger partial charge in [0.2, 0.25) is 12.4 Å². The van der Waals surface area contributed by atoms with E-state index in [-0.39, 0.29) is 16.7 Å². The molecule has 2 aromatic rings. The predicted molar refractivity (Wildman–Crippen MR) is 156 cm³/mol. The Morgan fingerprint density at radius 2 is 1.46 bits per heavy atom. The lowest BCUT2D eigenvalue weighted by atomic mass is 9.98. The van der Waals surface area contributed by atoms with Crippen molar-refractivity contribution in [3.63, 3.8) is 0 Å². The molecule has 250 valence electrons. The second kappa shape index (κ2) is 16.4. The fraction of sp³-hybridized carbons (Fsp3) is 0.484. The highest BCUT2D eigenvalue weighted by Crippen LogP contribution is 2.38. The van der Waals surface area contributed by atoms with Crippen LogP contribution in [0.3, 0.4) is 0 Å². The predicted octanol–water partition coefficient (Wildman–Crippen LogP) is 2.92. The van der Waals surface area contributed by atoms with Gasteiger partial charge in [0.25, 0.3) is 5.75 Å². The van der Waals surface area contributed by atoms with Gasteiger partial charge in [-0.05, 0) is 25.0 Å². The molecule has 0 spiro atoms. The van der Waals surface area contributed by atoms with Gasteiger partial charge in [0.15, 0.2) is 18.0 Å². The molecule has 2 heterocycles. The molecule has 3 rings (SSSR count). The number of allylic oxidation sites excluding steroid dienone is 1. The van der Waals surface area contributed by atoms with E-state index in [9.17, 15) is 28.8 Å². The molecule has 0 amide bonds. The second-order valence-corrected chi connectivity index (χ2v) is 10.0. The summed E-state index contributed by atoms with van der Waals surface area (Å²) in [4.78, 5) is 73.1. The Hall–Kier alpha value is -4.92.